The van der Waals surface area contributed by atoms with Crippen LogP contribution < -0.4 is 15.5 Å². The third-order valence-corrected chi connectivity index (χ3v) is 3.82. The molecule has 164 valence electrons. The van der Waals surface area contributed by atoms with E-state index < -0.39 is 41.9 Å². The second-order valence-corrected chi connectivity index (χ2v) is 7.23. The van der Waals surface area contributed by atoms with Crippen molar-refractivity contribution in [2.45, 2.75) is 38.7 Å². The van der Waals surface area contributed by atoms with Gasteiger partial charge in [0.25, 0.3) is 0 Å². The van der Waals surface area contributed by atoms with Gasteiger partial charge < -0.3 is 15.5 Å². The van der Waals surface area contributed by atoms with Crippen molar-refractivity contribution in [3.05, 3.63) is 28.2 Å². The van der Waals surface area contributed by atoms with E-state index >= 15 is 0 Å². The van der Waals surface area contributed by atoms with Gasteiger partial charge in [-0.15, -0.1) is 0 Å². The maximum Gasteiger partial charge on any atom is 0.416 e. The van der Waals surface area contributed by atoms with Crippen molar-refractivity contribution >= 4 is 27.9 Å². The summed E-state index contributed by atoms with van der Waals surface area (Å²) in [5.41, 5.74) is -2.78. The van der Waals surface area contributed by atoms with Gasteiger partial charge in [-0.1, -0.05) is 15.9 Å². The molecule has 1 aromatic rings. The van der Waals surface area contributed by atoms with Gasteiger partial charge in [-0.25, -0.2) is 4.79 Å². The number of urea groups is 1. The number of carbonyl (C=O) groups is 2. The van der Waals surface area contributed by atoms with E-state index in [0.29, 0.717) is 11.1 Å². The van der Waals surface area contributed by atoms with Crippen molar-refractivity contribution in [3.63, 3.8) is 0 Å². The Morgan fingerprint density at radius 1 is 1.10 bits per heavy atom. The van der Waals surface area contributed by atoms with Crippen LogP contribution in [0.25, 0.3) is 0 Å². The molecule has 0 aliphatic heterocycles. The number of halogens is 7. The summed E-state index contributed by atoms with van der Waals surface area (Å²) in [5.74, 6) is -1.43. The summed E-state index contributed by atoms with van der Waals surface area (Å²) in [6.07, 6.45) is -9.29. The van der Waals surface area contributed by atoms with Crippen LogP contribution in [0.3, 0.4) is 0 Å². The second kappa shape index (κ2) is 9.09. The largest absolute Gasteiger partial charge is 0.416 e. The van der Waals surface area contributed by atoms with Crippen molar-refractivity contribution in [3.8, 4) is 5.75 Å². The van der Waals surface area contributed by atoms with Gasteiger partial charge in [-0.05, 0) is 39.0 Å². The first-order valence-corrected chi connectivity index (χ1v) is 8.85. The number of nitrogens with one attached hydrogen (secondary N) is 2. The van der Waals surface area contributed by atoms with Crippen LogP contribution in [0.1, 0.15) is 26.3 Å². The smallest absolute Gasteiger partial charge is 0.375 e. The van der Waals surface area contributed by atoms with Gasteiger partial charge >= 0.3 is 18.4 Å². The zero-order chi connectivity index (χ0) is 22.6. The van der Waals surface area contributed by atoms with E-state index in [-0.39, 0.29) is 16.8 Å². The average molecular weight is 494 g/mol. The molecule has 0 bridgehead atoms. The SMILES string of the molecule is CCN(Oc1cc(Br)cc(C(F)(F)F)c1)C(=O)NC(C)(C)C(=O)NCC(F)(F)F. The molecule has 3 amide bonds. The standard InChI is InChI=1S/C16H18BrF6N3O3/c1-4-26(29-11-6-9(16(21,22)23)5-10(17)7-11)13(28)25-14(2,3)12(27)24-8-15(18,19)20/h5-7H,4,8H2,1-3H3,(H,24,27)(H,25,28). The molecule has 0 heterocycles. The molecule has 0 unspecified atom stereocenters. The Morgan fingerprint density at radius 2 is 1.69 bits per heavy atom. The summed E-state index contributed by atoms with van der Waals surface area (Å²) in [5, 5.41) is 4.43. The molecule has 0 fully saturated rings. The molecule has 6 nitrogen and oxygen atoms in total. The molecule has 1 rings (SSSR count). The van der Waals surface area contributed by atoms with Crippen LogP contribution in [-0.2, 0) is 11.0 Å². The first kappa shape index (κ1) is 24.9. The zero-order valence-electron chi connectivity index (χ0n) is 15.5. The second-order valence-electron chi connectivity index (χ2n) is 6.31. The van der Waals surface area contributed by atoms with Crippen LogP contribution in [0.15, 0.2) is 22.7 Å². The van der Waals surface area contributed by atoms with Gasteiger partial charge in [0, 0.05) is 4.47 Å². The van der Waals surface area contributed by atoms with Gasteiger partial charge in [-0.2, -0.15) is 31.4 Å². The van der Waals surface area contributed by atoms with Gasteiger partial charge in [-0.3, -0.25) is 4.79 Å². The Bertz CT molecular complexity index is 752. The zero-order valence-corrected chi connectivity index (χ0v) is 17.0. The van der Waals surface area contributed by atoms with Crippen LogP contribution in [0.5, 0.6) is 5.75 Å². The Labute approximate surface area is 170 Å². The molecule has 0 spiro atoms. The third kappa shape index (κ3) is 7.99. The maximum absolute atomic E-state index is 12.9. The van der Waals surface area contributed by atoms with E-state index in [1.807, 2.05) is 0 Å². The quantitative estimate of drug-likeness (QED) is 0.459. The van der Waals surface area contributed by atoms with E-state index in [0.717, 1.165) is 19.9 Å². The summed E-state index contributed by atoms with van der Waals surface area (Å²) in [6, 6.07) is 1.64. The van der Waals surface area contributed by atoms with Crippen molar-refractivity contribution < 1.29 is 40.8 Å². The maximum atomic E-state index is 12.9. The van der Waals surface area contributed by atoms with Crippen molar-refractivity contribution in [2.24, 2.45) is 0 Å². The average Bonchev–Trinajstić information content (AvgIpc) is 2.54. The number of rotatable bonds is 6. The molecule has 0 aliphatic rings. The van der Waals surface area contributed by atoms with Crippen LogP contribution in [-0.4, -0.2) is 41.8 Å². The molecule has 0 aromatic heterocycles. The predicted molar refractivity (Wildman–Crippen MR) is 93.8 cm³/mol. The lowest BCUT2D eigenvalue weighted by molar-refractivity contribution is -0.141. The molecule has 29 heavy (non-hydrogen) atoms. The van der Waals surface area contributed by atoms with Crippen LogP contribution in [0.4, 0.5) is 31.1 Å². The highest BCUT2D eigenvalue weighted by Gasteiger charge is 2.35. The molecular weight excluding hydrogens is 476 g/mol. The van der Waals surface area contributed by atoms with Crippen molar-refractivity contribution in [2.75, 3.05) is 13.1 Å². The van der Waals surface area contributed by atoms with Crippen LogP contribution in [0.2, 0.25) is 0 Å². The molecule has 0 radical (unpaired) electrons. The number of benzene rings is 1. The topological polar surface area (TPSA) is 70.7 Å². The van der Waals surface area contributed by atoms with E-state index in [1.54, 1.807) is 5.32 Å². The number of amides is 3. The first-order valence-electron chi connectivity index (χ1n) is 8.05. The van der Waals surface area contributed by atoms with E-state index in [9.17, 15) is 35.9 Å². The highest BCUT2D eigenvalue weighted by atomic mass is 79.9. The molecular formula is C16H18BrF6N3O3. The predicted octanol–water partition coefficient (Wildman–Crippen LogP) is 4.25. The lowest BCUT2D eigenvalue weighted by Crippen LogP contribution is -2.59. The van der Waals surface area contributed by atoms with E-state index in [4.69, 9.17) is 4.84 Å². The Morgan fingerprint density at radius 3 is 2.17 bits per heavy atom. The highest BCUT2D eigenvalue weighted by Crippen LogP contribution is 2.34. The summed E-state index contributed by atoms with van der Waals surface area (Å²) in [6.45, 7) is 2.03. The number of nitrogens with zero attached hydrogens (tertiary/aromatic N) is 1. The summed E-state index contributed by atoms with van der Waals surface area (Å²) in [4.78, 5) is 29.4. The minimum Gasteiger partial charge on any atom is -0.375 e. The lowest BCUT2D eigenvalue weighted by atomic mass is 10.1. The Balaban J connectivity index is 2.89. The minimum atomic E-state index is -4.65. The highest BCUT2D eigenvalue weighted by molar-refractivity contribution is 9.10. The third-order valence-electron chi connectivity index (χ3n) is 3.36. The van der Waals surface area contributed by atoms with Gasteiger partial charge in [0.2, 0.25) is 5.91 Å². The van der Waals surface area contributed by atoms with Gasteiger partial charge in [0.1, 0.15) is 12.1 Å². The van der Waals surface area contributed by atoms with E-state index in [1.165, 1.54) is 13.0 Å². The molecule has 0 saturated heterocycles. The summed E-state index contributed by atoms with van der Waals surface area (Å²) < 4.78 is 75.4. The normalized spacial score (nSPS) is 12.3. The number of hydroxylamine groups is 2. The van der Waals surface area contributed by atoms with Crippen LogP contribution >= 0.6 is 15.9 Å². The van der Waals surface area contributed by atoms with E-state index in [2.05, 4.69) is 21.2 Å². The fourth-order valence-electron chi connectivity index (χ4n) is 1.94. The fraction of sp³-hybridized carbons (Fsp3) is 0.500. The monoisotopic (exact) mass is 493 g/mol. The van der Waals surface area contributed by atoms with Crippen LogP contribution in [0, 0.1) is 0 Å². The van der Waals surface area contributed by atoms with Gasteiger partial charge in [0.15, 0.2) is 5.75 Å². The molecule has 0 atom stereocenters. The first-order chi connectivity index (χ1) is 13.0. The van der Waals surface area contributed by atoms with Gasteiger partial charge in [0.05, 0.1) is 12.1 Å². The molecule has 2 N–H and O–H groups in total. The van der Waals surface area contributed by atoms with Crippen molar-refractivity contribution in [1.29, 1.82) is 0 Å². The number of hydrogen-bond acceptors (Lipinski definition) is 3. The Kier molecular flexibility index (Phi) is 7.80. The minimum absolute atomic E-state index is 0.0469. The molecule has 13 heteroatoms. The van der Waals surface area contributed by atoms with Crippen molar-refractivity contribution in [1.82, 2.24) is 15.7 Å². The number of carbonyl (C=O) groups excluding carboxylic acids is 2. The summed E-state index contributed by atoms with van der Waals surface area (Å²) in [7, 11) is 0. The Hall–Kier alpha value is -2.18. The molecule has 0 aliphatic carbocycles. The summed E-state index contributed by atoms with van der Waals surface area (Å²) >= 11 is 2.91. The molecule has 0 saturated carbocycles. The fourth-order valence-corrected chi connectivity index (χ4v) is 2.42. The number of hydrogen-bond donors (Lipinski definition) is 2. The molecule has 1 aromatic carbocycles. The number of alkyl halides is 6. The lowest BCUT2D eigenvalue weighted by Gasteiger charge is -2.29.